The maximum atomic E-state index is 14.7. The maximum Gasteiger partial charge on any atom is 0.252 e. The molecule has 0 unspecified atom stereocenters. The zero-order valence-electron chi connectivity index (χ0n) is 15.2. The fourth-order valence-corrected chi connectivity index (χ4v) is 4.02. The Balaban J connectivity index is 1.72. The van der Waals surface area contributed by atoms with Crippen LogP contribution in [0.2, 0.25) is 0 Å². The van der Waals surface area contributed by atoms with Crippen molar-refractivity contribution in [1.29, 1.82) is 0 Å². The third kappa shape index (κ3) is 3.41. The predicted octanol–water partition coefficient (Wildman–Crippen LogP) is 1.92. The van der Waals surface area contributed by atoms with Gasteiger partial charge >= 0.3 is 0 Å². The second-order valence-electron chi connectivity index (χ2n) is 7.34. The minimum absolute atomic E-state index is 0.0809. The van der Waals surface area contributed by atoms with Crippen molar-refractivity contribution in [2.75, 3.05) is 13.2 Å². The lowest BCUT2D eigenvalue weighted by Crippen LogP contribution is -2.53. The Kier molecular flexibility index (Phi) is 5.14. The molecular formula is C21H22F2N2O3. The summed E-state index contributed by atoms with van der Waals surface area (Å²) in [6.45, 7) is 0.455. The van der Waals surface area contributed by atoms with Gasteiger partial charge < -0.3 is 20.5 Å². The van der Waals surface area contributed by atoms with Crippen molar-refractivity contribution in [2.45, 2.75) is 37.1 Å². The molecule has 148 valence electrons. The molecule has 2 heterocycles. The van der Waals surface area contributed by atoms with E-state index in [1.807, 2.05) is 24.3 Å². The van der Waals surface area contributed by atoms with Crippen molar-refractivity contribution in [3.63, 3.8) is 0 Å². The quantitative estimate of drug-likeness (QED) is 0.824. The second-order valence-corrected chi connectivity index (χ2v) is 7.34. The van der Waals surface area contributed by atoms with E-state index >= 15 is 0 Å². The SMILES string of the molecule is N[C@@H]1CO[C@@H](C(=O)N2CCc3ccccc3[C@@H]2c2ccc(F)cc2F)C[C@@H]1O. The summed E-state index contributed by atoms with van der Waals surface area (Å²) in [5, 5.41) is 10.0. The lowest BCUT2D eigenvalue weighted by molar-refractivity contribution is -0.154. The molecule has 2 aromatic rings. The van der Waals surface area contributed by atoms with Crippen molar-refractivity contribution < 1.29 is 23.4 Å². The molecule has 4 atom stereocenters. The molecule has 1 fully saturated rings. The topological polar surface area (TPSA) is 75.8 Å². The Morgan fingerprint density at radius 1 is 1.18 bits per heavy atom. The van der Waals surface area contributed by atoms with Crippen LogP contribution in [0.5, 0.6) is 0 Å². The first-order valence-electron chi connectivity index (χ1n) is 9.34. The van der Waals surface area contributed by atoms with Crippen molar-refractivity contribution >= 4 is 5.91 Å². The molecule has 1 amide bonds. The summed E-state index contributed by atoms with van der Waals surface area (Å²) < 4.78 is 33.7. The monoisotopic (exact) mass is 388 g/mol. The Morgan fingerprint density at radius 2 is 1.96 bits per heavy atom. The van der Waals surface area contributed by atoms with Crippen LogP contribution in [0.3, 0.4) is 0 Å². The van der Waals surface area contributed by atoms with Crippen LogP contribution in [0.25, 0.3) is 0 Å². The highest BCUT2D eigenvalue weighted by Crippen LogP contribution is 2.37. The Hall–Kier alpha value is -2.35. The van der Waals surface area contributed by atoms with Gasteiger partial charge in [0, 0.05) is 24.6 Å². The lowest BCUT2D eigenvalue weighted by Gasteiger charge is -2.41. The molecular weight excluding hydrogens is 366 g/mol. The fourth-order valence-electron chi connectivity index (χ4n) is 4.02. The van der Waals surface area contributed by atoms with Crippen molar-refractivity contribution in [3.05, 3.63) is 70.8 Å². The van der Waals surface area contributed by atoms with E-state index in [1.54, 1.807) is 4.90 Å². The van der Waals surface area contributed by atoms with Gasteiger partial charge in [0.15, 0.2) is 0 Å². The molecule has 0 aliphatic carbocycles. The van der Waals surface area contributed by atoms with E-state index in [0.717, 1.165) is 17.2 Å². The zero-order valence-corrected chi connectivity index (χ0v) is 15.2. The van der Waals surface area contributed by atoms with Crippen molar-refractivity contribution in [2.24, 2.45) is 5.73 Å². The predicted molar refractivity (Wildman–Crippen MR) is 98.4 cm³/mol. The number of aliphatic hydroxyl groups excluding tert-OH is 1. The molecule has 1 saturated heterocycles. The van der Waals surface area contributed by atoms with E-state index in [9.17, 15) is 18.7 Å². The van der Waals surface area contributed by atoms with Crippen LogP contribution in [0.15, 0.2) is 42.5 Å². The molecule has 5 nitrogen and oxygen atoms in total. The average Bonchev–Trinajstić information content (AvgIpc) is 2.69. The number of amides is 1. The molecule has 0 radical (unpaired) electrons. The first-order chi connectivity index (χ1) is 13.5. The number of fused-ring (bicyclic) bond motifs is 1. The molecule has 2 aliphatic heterocycles. The van der Waals surface area contributed by atoms with Crippen LogP contribution in [0, 0.1) is 11.6 Å². The summed E-state index contributed by atoms with van der Waals surface area (Å²) in [5.41, 5.74) is 7.81. The second kappa shape index (κ2) is 7.58. The van der Waals surface area contributed by atoms with Crippen LogP contribution in [-0.4, -0.2) is 47.3 Å². The first kappa shape index (κ1) is 19.0. The average molecular weight is 388 g/mol. The molecule has 0 aromatic heterocycles. The first-order valence-corrected chi connectivity index (χ1v) is 9.34. The lowest BCUT2D eigenvalue weighted by atomic mass is 9.87. The van der Waals surface area contributed by atoms with Crippen LogP contribution in [0.1, 0.15) is 29.2 Å². The largest absolute Gasteiger partial charge is 0.391 e. The van der Waals surface area contributed by atoms with Gasteiger partial charge in [-0.15, -0.1) is 0 Å². The Labute approximate surface area is 161 Å². The number of carbonyl (C=O) groups is 1. The summed E-state index contributed by atoms with van der Waals surface area (Å²) in [6, 6.07) is 9.72. The third-order valence-corrected chi connectivity index (χ3v) is 5.54. The molecule has 0 bridgehead atoms. The fraction of sp³-hybridized carbons (Fsp3) is 0.381. The third-order valence-electron chi connectivity index (χ3n) is 5.54. The molecule has 7 heteroatoms. The highest BCUT2D eigenvalue weighted by Gasteiger charge is 2.40. The summed E-state index contributed by atoms with van der Waals surface area (Å²) in [6.07, 6.45) is -0.959. The van der Waals surface area contributed by atoms with Crippen LogP contribution < -0.4 is 5.73 Å². The Bertz CT molecular complexity index is 892. The minimum Gasteiger partial charge on any atom is -0.391 e. The molecule has 4 rings (SSSR count). The summed E-state index contributed by atoms with van der Waals surface area (Å²) >= 11 is 0. The molecule has 2 aromatic carbocycles. The zero-order chi connectivity index (χ0) is 19.8. The maximum absolute atomic E-state index is 14.7. The van der Waals surface area contributed by atoms with Gasteiger partial charge in [-0.25, -0.2) is 8.78 Å². The molecule has 3 N–H and O–H groups in total. The van der Waals surface area contributed by atoms with Crippen LogP contribution in [0.4, 0.5) is 8.78 Å². The van der Waals surface area contributed by atoms with Crippen LogP contribution in [-0.2, 0) is 16.0 Å². The van der Waals surface area contributed by atoms with Gasteiger partial charge in [-0.05, 0) is 23.6 Å². The van der Waals surface area contributed by atoms with E-state index in [1.165, 1.54) is 12.1 Å². The molecule has 0 saturated carbocycles. The number of benzene rings is 2. The van der Waals surface area contributed by atoms with Crippen molar-refractivity contribution in [3.8, 4) is 0 Å². The summed E-state index contributed by atoms with van der Waals surface area (Å²) in [4.78, 5) is 14.8. The molecule has 2 aliphatic rings. The van der Waals surface area contributed by atoms with E-state index in [2.05, 4.69) is 0 Å². The number of carbonyl (C=O) groups excluding carboxylic acids is 1. The summed E-state index contributed by atoms with van der Waals surface area (Å²) in [7, 11) is 0. The van der Waals surface area contributed by atoms with Gasteiger partial charge in [0.05, 0.1) is 24.8 Å². The van der Waals surface area contributed by atoms with Gasteiger partial charge in [-0.2, -0.15) is 0 Å². The number of halogens is 2. The minimum atomic E-state index is -0.842. The van der Waals surface area contributed by atoms with Gasteiger partial charge in [-0.1, -0.05) is 30.3 Å². The number of hydrogen-bond donors (Lipinski definition) is 2. The van der Waals surface area contributed by atoms with E-state index < -0.39 is 35.9 Å². The van der Waals surface area contributed by atoms with Crippen molar-refractivity contribution in [1.82, 2.24) is 4.90 Å². The van der Waals surface area contributed by atoms with Gasteiger partial charge in [0.25, 0.3) is 5.91 Å². The number of hydrogen-bond acceptors (Lipinski definition) is 4. The van der Waals surface area contributed by atoms with Gasteiger partial charge in [-0.3, -0.25) is 4.79 Å². The normalized spacial score (nSPS) is 27.4. The Morgan fingerprint density at radius 3 is 2.71 bits per heavy atom. The molecule has 0 spiro atoms. The van der Waals surface area contributed by atoms with E-state index in [-0.39, 0.29) is 24.5 Å². The summed E-state index contributed by atoms with van der Waals surface area (Å²) in [5.74, 6) is -1.70. The molecule has 28 heavy (non-hydrogen) atoms. The van der Waals surface area contributed by atoms with Crippen LogP contribution >= 0.6 is 0 Å². The number of nitrogens with zero attached hydrogens (tertiary/aromatic N) is 1. The number of nitrogens with two attached hydrogens (primary N) is 1. The number of ether oxygens (including phenoxy) is 1. The number of aliphatic hydroxyl groups is 1. The van der Waals surface area contributed by atoms with Gasteiger partial charge in [0.2, 0.25) is 0 Å². The highest BCUT2D eigenvalue weighted by atomic mass is 19.1. The van der Waals surface area contributed by atoms with Gasteiger partial charge in [0.1, 0.15) is 17.7 Å². The van der Waals surface area contributed by atoms with E-state index in [0.29, 0.717) is 13.0 Å². The standard InChI is InChI=1S/C21H22F2N2O3/c22-13-5-6-15(16(23)9-13)20-14-4-2-1-3-12(14)7-8-25(20)21(27)19-10-18(26)17(24)11-28-19/h1-6,9,17-20,26H,7-8,10-11,24H2/t17-,18+,19-,20-/m1/s1. The smallest absolute Gasteiger partial charge is 0.252 e. The number of rotatable bonds is 2. The highest BCUT2D eigenvalue weighted by molar-refractivity contribution is 5.82. The van der Waals surface area contributed by atoms with E-state index in [4.69, 9.17) is 10.5 Å².